The summed E-state index contributed by atoms with van der Waals surface area (Å²) >= 11 is 0. The number of amides is 1. The van der Waals surface area contributed by atoms with Gasteiger partial charge < -0.3 is 10.1 Å². The van der Waals surface area contributed by atoms with E-state index in [-0.39, 0.29) is 18.0 Å². The van der Waals surface area contributed by atoms with Gasteiger partial charge in [-0.2, -0.15) is 0 Å². The Bertz CT molecular complexity index is 1040. The van der Waals surface area contributed by atoms with Crippen molar-refractivity contribution in [2.45, 2.75) is 24.8 Å². The van der Waals surface area contributed by atoms with Crippen LogP contribution in [-0.2, 0) is 26.2 Å². The van der Waals surface area contributed by atoms with Crippen LogP contribution in [0.15, 0.2) is 84.9 Å². The second-order valence-electron chi connectivity index (χ2n) is 7.53. The highest BCUT2D eigenvalue weighted by atomic mass is 16.6. The van der Waals surface area contributed by atoms with Crippen LogP contribution < -0.4 is 5.32 Å². The van der Waals surface area contributed by atoms with Gasteiger partial charge in [0.1, 0.15) is 6.04 Å². The number of hydrogen-bond donors (Lipinski definition) is 1. The number of carbonyl (C=O) groups is 2. The number of hydrogen-bond acceptors (Lipinski definition) is 5. The summed E-state index contributed by atoms with van der Waals surface area (Å²) in [4.78, 5) is 36.5. The minimum atomic E-state index is -1.05. The fraction of sp³-hybridized carbons (Fsp3) is 0.200. The lowest BCUT2D eigenvalue weighted by Crippen LogP contribution is -2.51. The van der Waals surface area contributed by atoms with E-state index in [0.29, 0.717) is 5.56 Å². The van der Waals surface area contributed by atoms with Crippen molar-refractivity contribution in [3.05, 3.63) is 112 Å². The number of nitrogens with zero attached hydrogens (tertiary/aromatic N) is 1. The Morgan fingerprint density at radius 3 is 1.88 bits per heavy atom. The zero-order valence-corrected chi connectivity index (χ0v) is 17.9. The lowest BCUT2D eigenvalue weighted by Gasteiger charge is -2.31. The minimum Gasteiger partial charge on any atom is -0.467 e. The topological polar surface area (TPSA) is 98.5 Å². The van der Waals surface area contributed by atoms with E-state index in [0.717, 1.165) is 11.1 Å². The largest absolute Gasteiger partial charge is 0.467 e. The molecule has 3 aromatic rings. The van der Waals surface area contributed by atoms with Gasteiger partial charge in [-0.05, 0) is 23.6 Å². The van der Waals surface area contributed by atoms with Crippen LogP contribution in [0.25, 0.3) is 0 Å². The molecule has 0 saturated carbocycles. The van der Waals surface area contributed by atoms with Crippen molar-refractivity contribution in [2.75, 3.05) is 7.11 Å². The molecule has 1 amide bonds. The Hall–Kier alpha value is -4.00. The summed E-state index contributed by atoms with van der Waals surface area (Å²) in [5.74, 6) is -0.951. The van der Waals surface area contributed by atoms with Crippen LogP contribution in [0.4, 0.5) is 5.69 Å². The van der Waals surface area contributed by atoms with Crippen molar-refractivity contribution < 1.29 is 19.2 Å². The molecule has 0 aliphatic rings. The van der Waals surface area contributed by atoms with Crippen molar-refractivity contribution in [1.29, 1.82) is 0 Å². The van der Waals surface area contributed by atoms with Gasteiger partial charge in [0.25, 0.3) is 5.69 Å². The van der Waals surface area contributed by atoms with Gasteiger partial charge in [-0.3, -0.25) is 14.9 Å². The first kappa shape index (κ1) is 22.7. The van der Waals surface area contributed by atoms with E-state index in [4.69, 9.17) is 4.74 Å². The first-order chi connectivity index (χ1) is 15.4. The Kier molecular flexibility index (Phi) is 7.00. The van der Waals surface area contributed by atoms with Crippen molar-refractivity contribution >= 4 is 17.6 Å². The van der Waals surface area contributed by atoms with Gasteiger partial charge in [0.05, 0.1) is 17.4 Å². The summed E-state index contributed by atoms with van der Waals surface area (Å²) in [7, 11) is 1.25. The highest BCUT2D eigenvalue weighted by Crippen LogP contribution is 2.32. The fourth-order valence-electron chi connectivity index (χ4n) is 3.60. The Labute approximate surface area is 186 Å². The molecule has 7 heteroatoms. The van der Waals surface area contributed by atoms with Gasteiger partial charge >= 0.3 is 5.97 Å². The molecule has 3 rings (SSSR count). The summed E-state index contributed by atoms with van der Waals surface area (Å²) in [5, 5.41) is 13.7. The normalized spacial score (nSPS) is 11.9. The highest BCUT2D eigenvalue weighted by Gasteiger charge is 2.39. The number of non-ortho nitro benzene ring substituents is 1. The number of rotatable bonds is 8. The number of benzene rings is 3. The Balaban J connectivity index is 1.92. The minimum absolute atomic E-state index is 0.0480. The van der Waals surface area contributed by atoms with Crippen molar-refractivity contribution in [3.63, 3.8) is 0 Å². The van der Waals surface area contributed by atoms with Crippen LogP contribution in [-0.4, -0.2) is 30.0 Å². The fourth-order valence-corrected chi connectivity index (χ4v) is 3.60. The maximum atomic E-state index is 13.6. The number of nitro benzene ring substituents is 1. The predicted molar refractivity (Wildman–Crippen MR) is 120 cm³/mol. The molecular formula is C25H24N2O5. The number of ether oxygens (including phenoxy) is 1. The Morgan fingerprint density at radius 1 is 0.938 bits per heavy atom. The number of carbonyl (C=O) groups excluding carboxylic acids is 2. The molecule has 0 aromatic heterocycles. The van der Waals surface area contributed by atoms with Crippen molar-refractivity contribution in [2.24, 2.45) is 0 Å². The molecule has 0 aliphatic carbocycles. The number of nitrogens with one attached hydrogen (secondary N) is 1. The van der Waals surface area contributed by atoms with Crippen molar-refractivity contribution in [1.82, 2.24) is 5.32 Å². The second kappa shape index (κ2) is 9.87. The van der Waals surface area contributed by atoms with Crippen LogP contribution in [0.2, 0.25) is 0 Å². The lowest BCUT2D eigenvalue weighted by molar-refractivity contribution is -0.384. The molecule has 0 spiro atoms. The molecule has 164 valence electrons. The monoisotopic (exact) mass is 432 g/mol. The third-order valence-corrected chi connectivity index (χ3v) is 5.53. The summed E-state index contributed by atoms with van der Waals surface area (Å²) in [6, 6.07) is 23.6. The van der Waals surface area contributed by atoms with Crippen LogP contribution >= 0.6 is 0 Å². The average Bonchev–Trinajstić information content (AvgIpc) is 2.83. The molecule has 0 radical (unpaired) electrons. The number of methoxy groups -OCH3 is 1. The van der Waals surface area contributed by atoms with E-state index in [1.165, 1.54) is 19.2 Å². The summed E-state index contributed by atoms with van der Waals surface area (Å²) in [6.45, 7) is 1.81. The highest BCUT2D eigenvalue weighted by molar-refractivity contribution is 5.94. The molecule has 1 N–H and O–H groups in total. The quantitative estimate of drug-likeness (QED) is 0.332. The summed E-state index contributed by atoms with van der Waals surface area (Å²) in [6.07, 6.45) is 0.135. The molecule has 0 unspecified atom stereocenters. The standard InChI is InChI=1S/C25H24N2O5/c1-25(19-9-5-3-6-10-19,20-11-7-4-8-12-20)24(29)26-22(23(28)32-2)17-18-13-15-21(16-14-18)27(30)31/h3-16,22H,17H2,1-2H3,(H,26,29)/t22-/m0/s1. The van der Waals surface area contributed by atoms with Crippen molar-refractivity contribution in [3.8, 4) is 0 Å². The van der Waals surface area contributed by atoms with Crippen LogP contribution in [0, 0.1) is 10.1 Å². The lowest BCUT2D eigenvalue weighted by atomic mass is 9.75. The predicted octanol–water partition coefficient (Wildman–Crippen LogP) is 3.80. The van der Waals surface area contributed by atoms with E-state index in [2.05, 4.69) is 5.32 Å². The van der Waals surface area contributed by atoms with Gasteiger partial charge in [-0.25, -0.2) is 4.79 Å². The zero-order valence-electron chi connectivity index (χ0n) is 17.9. The maximum absolute atomic E-state index is 13.6. The zero-order chi connectivity index (χ0) is 23.1. The third-order valence-electron chi connectivity index (χ3n) is 5.53. The van der Waals surface area contributed by atoms with E-state index < -0.39 is 22.3 Å². The van der Waals surface area contributed by atoms with Gasteiger partial charge in [-0.1, -0.05) is 72.8 Å². The molecule has 7 nitrogen and oxygen atoms in total. The molecule has 0 saturated heterocycles. The molecule has 1 atom stereocenters. The Morgan fingerprint density at radius 2 is 1.44 bits per heavy atom. The molecular weight excluding hydrogens is 408 g/mol. The van der Waals surface area contributed by atoms with Crippen LogP contribution in [0.1, 0.15) is 23.6 Å². The average molecular weight is 432 g/mol. The molecule has 0 bridgehead atoms. The van der Waals surface area contributed by atoms with E-state index in [1.54, 1.807) is 12.1 Å². The summed E-state index contributed by atoms with van der Waals surface area (Å²) < 4.78 is 4.91. The molecule has 32 heavy (non-hydrogen) atoms. The summed E-state index contributed by atoms with van der Waals surface area (Å²) in [5.41, 5.74) is 1.12. The SMILES string of the molecule is COC(=O)[C@H](Cc1ccc([N+](=O)[O-])cc1)NC(=O)C(C)(c1ccccc1)c1ccccc1. The van der Waals surface area contributed by atoms with E-state index in [9.17, 15) is 19.7 Å². The van der Waals surface area contributed by atoms with Crippen LogP contribution in [0.3, 0.4) is 0 Å². The molecule has 0 heterocycles. The van der Waals surface area contributed by atoms with Gasteiger partial charge in [-0.15, -0.1) is 0 Å². The second-order valence-corrected chi connectivity index (χ2v) is 7.53. The number of nitro groups is 1. The molecule has 0 aliphatic heterocycles. The molecule has 0 fully saturated rings. The third kappa shape index (κ3) is 4.83. The van der Waals surface area contributed by atoms with E-state index in [1.807, 2.05) is 67.6 Å². The van der Waals surface area contributed by atoms with Gasteiger partial charge in [0.2, 0.25) is 5.91 Å². The molecule has 3 aromatic carbocycles. The van der Waals surface area contributed by atoms with E-state index >= 15 is 0 Å². The van der Waals surface area contributed by atoms with Gasteiger partial charge in [0, 0.05) is 18.6 Å². The van der Waals surface area contributed by atoms with Gasteiger partial charge in [0.15, 0.2) is 0 Å². The first-order valence-electron chi connectivity index (χ1n) is 10.1. The number of esters is 1. The first-order valence-corrected chi connectivity index (χ1v) is 10.1. The maximum Gasteiger partial charge on any atom is 0.328 e. The smallest absolute Gasteiger partial charge is 0.328 e. The van der Waals surface area contributed by atoms with Crippen LogP contribution in [0.5, 0.6) is 0 Å².